The molecule has 1 aromatic heterocycles. The van der Waals surface area contributed by atoms with Crippen molar-refractivity contribution in [2.45, 2.75) is 13.5 Å². The van der Waals surface area contributed by atoms with E-state index in [0.717, 1.165) is 39.2 Å². The third-order valence-corrected chi connectivity index (χ3v) is 4.41. The smallest absolute Gasteiger partial charge is 0.135 e. The molecule has 0 aliphatic heterocycles. The second kappa shape index (κ2) is 5.64. The molecule has 0 spiro atoms. The van der Waals surface area contributed by atoms with Crippen molar-refractivity contribution in [3.8, 4) is 0 Å². The standard InChI is InChI=1S/C20H16ClNO/c1-13-4-2-3-5-14(13)12-22-16-7-9-20-18(11-16)17-10-15(21)6-8-19(17)23-20/h2-11,22H,12H2,1H3. The summed E-state index contributed by atoms with van der Waals surface area (Å²) in [7, 11) is 0. The first kappa shape index (κ1) is 14.2. The first-order chi connectivity index (χ1) is 11.2. The van der Waals surface area contributed by atoms with Gasteiger partial charge in [-0.05, 0) is 54.4 Å². The lowest BCUT2D eigenvalue weighted by molar-refractivity contribution is 0.669. The van der Waals surface area contributed by atoms with Crippen molar-refractivity contribution in [3.05, 3.63) is 76.8 Å². The predicted octanol–water partition coefficient (Wildman–Crippen LogP) is 6.16. The quantitative estimate of drug-likeness (QED) is 0.489. The molecular weight excluding hydrogens is 306 g/mol. The minimum atomic E-state index is 0.721. The highest BCUT2D eigenvalue weighted by atomic mass is 35.5. The number of furan rings is 1. The summed E-state index contributed by atoms with van der Waals surface area (Å²) in [5.74, 6) is 0. The third kappa shape index (κ3) is 2.66. The summed E-state index contributed by atoms with van der Waals surface area (Å²) in [6.07, 6.45) is 0. The fraction of sp³-hybridized carbons (Fsp3) is 0.100. The molecule has 23 heavy (non-hydrogen) atoms. The molecule has 1 N–H and O–H groups in total. The Bertz CT molecular complexity index is 1000. The first-order valence-corrected chi connectivity index (χ1v) is 7.99. The highest BCUT2D eigenvalue weighted by Crippen LogP contribution is 2.32. The molecule has 4 rings (SSSR count). The van der Waals surface area contributed by atoms with Gasteiger partial charge in [-0.15, -0.1) is 0 Å². The van der Waals surface area contributed by atoms with E-state index >= 15 is 0 Å². The van der Waals surface area contributed by atoms with Gasteiger partial charge in [0.25, 0.3) is 0 Å². The molecule has 0 aliphatic carbocycles. The van der Waals surface area contributed by atoms with Gasteiger partial charge in [0.15, 0.2) is 0 Å². The van der Waals surface area contributed by atoms with E-state index in [0.29, 0.717) is 0 Å². The first-order valence-electron chi connectivity index (χ1n) is 7.61. The van der Waals surface area contributed by atoms with Gasteiger partial charge >= 0.3 is 0 Å². The molecule has 0 radical (unpaired) electrons. The fourth-order valence-corrected chi connectivity index (χ4v) is 3.04. The highest BCUT2D eigenvalue weighted by Gasteiger charge is 2.08. The minimum absolute atomic E-state index is 0.721. The zero-order valence-electron chi connectivity index (χ0n) is 12.8. The van der Waals surface area contributed by atoms with E-state index < -0.39 is 0 Å². The number of aryl methyl sites for hydroxylation is 1. The monoisotopic (exact) mass is 321 g/mol. The summed E-state index contributed by atoms with van der Waals surface area (Å²) in [5, 5.41) is 6.34. The molecule has 114 valence electrons. The summed E-state index contributed by atoms with van der Waals surface area (Å²) in [6, 6.07) is 20.3. The van der Waals surface area contributed by atoms with Crippen molar-refractivity contribution in [1.82, 2.24) is 0 Å². The van der Waals surface area contributed by atoms with Crippen LogP contribution in [0, 0.1) is 6.92 Å². The molecule has 0 atom stereocenters. The van der Waals surface area contributed by atoms with Crippen molar-refractivity contribution in [3.63, 3.8) is 0 Å². The number of anilines is 1. The molecule has 3 heteroatoms. The molecule has 1 heterocycles. The van der Waals surface area contributed by atoms with Crippen LogP contribution in [-0.2, 0) is 6.54 Å². The van der Waals surface area contributed by atoms with Crippen LogP contribution in [0.4, 0.5) is 5.69 Å². The van der Waals surface area contributed by atoms with Crippen LogP contribution < -0.4 is 5.32 Å². The van der Waals surface area contributed by atoms with E-state index in [1.807, 2.05) is 30.3 Å². The summed E-state index contributed by atoms with van der Waals surface area (Å²) in [5.41, 5.74) is 5.40. The Balaban J connectivity index is 1.69. The van der Waals surface area contributed by atoms with Crippen LogP contribution in [0.2, 0.25) is 5.02 Å². The third-order valence-electron chi connectivity index (χ3n) is 4.18. The number of halogens is 1. The molecule has 0 fully saturated rings. The maximum absolute atomic E-state index is 6.12. The minimum Gasteiger partial charge on any atom is -0.456 e. The predicted molar refractivity (Wildman–Crippen MR) is 97.2 cm³/mol. The van der Waals surface area contributed by atoms with Crippen LogP contribution in [-0.4, -0.2) is 0 Å². The van der Waals surface area contributed by atoms with Gasteiger partial charge in [-0.2, -0.15) is 0 Å². The van der Waals surface area contributed by atoms with E-state index in [4.69, 9.17) is 16.0 Å². The van der Waals surface area contributed by atoms with Crippen molar-refractivity contribution < 1.29 is 4.42 Å². The van der Waals surface area contributed by atoms with Crippen LogP contribution in [0.1, 0.15) is 11.1 Å². The van der Waals surface area contributed by atoms with Crippen LogP contribution >= 0.6 is 11.6 Å². The summed E-state index contributed by atoms with van der Waals surface area (Å²) in [4.78, 5) is 0. The van der Waals surface area contributed by atoms with Gasteiger partial charge in [0.1, 0.15) is 11.2 Å². The number of hydrogen-bond donors (Lipinski definition) is 1. The van der Waals surface area contributed by atoms with E-state index in [9.17, 15) is 0 Å². The van der Waals surface area contributed by atoms with Gasteiger partial charge in [0.05, 0.1) is 0 Å². The lowest BCUT2D eigenvalue weighted by atomic mass is 10.1. The molecule has 0 unspecified atom stereocenters. The van der Waals surface area contributed by atoms with Gasteiger partial charge in [-0.25, -0.2) is 0 Å². The second-order valence-corrected chi connectivity index (χ2v) is 6.17. The molecular formula is C20H16ClNO. The van der Waals surface area contributed by atoms with Crippen LogP contribution in [0.5, 0.6) is 0 Å². The number of fused-ring (bicyclic) bond motifs is 3. The Morgan fingerprint density at radius 3 is 2.48 bits per heavy atom. The van der Waals surface area contributed by atoms with Crippen LogP contribution in [0.3, 0.4) is 0 Å². The van der Waals surface area contributed by atoms with Gasteiger partial charge in [0, 0.05) is 28.0 Å². The lowest BCUT2D eigenvalue weighted by Crippen LogP contribution is -2.00. The zero-order chi connectivity index (χ0) is 15.8. The van der Waals surface area contributed by atoms with Crippen molar-refractivity contribution in [2.24, 2.45) is 0 Å². The van der Waals surface area contributed by atoms with Crippen LogP contribution in [0.15, 0.2) is 65.1 Å². The second-order valence-electron chi connectivity index (χ2n) is 5.73. The average molecular weight is 322 g/mol. The van der Waals surface area contributed by atoms with E-state index in [2.05, 4.69) is 42.6 Å². The number of rotatable bonds is 3. The normalized spacial score (nSPS) is 11.2. The summed E-state index contributed by atoms with van der Waals surface area (Å²) >= 11 is 6.12. The molecule has 3 aromatic carbocycles. The summed E-state index contributed by atoms with van der Waals surface area (Å²) in [6.45, 7) is 2.93. The van der Waals surface area contributed by atoms with Crippen LogP contribution in [0.25, 0.3) is 21.9 Å². The molecule has 0 aliphatic rings. The molecule has 0 saturated heterocycles. The van der Waals surface area contributed by atoms with Gasteiger partial charge in [-0.3, -0.25) is 0 Å². The fourth-order valence-electron chi connectivity index (χ4n) is 2.87. The molecule has 0 amide bonds. The van der Waals surface area contributed by atoms with Crippen molar-refractivity contribution >= 4 is 39.2 Å². The Morgan fingerprint density at radius 2 is 1.65 bits per heavy atom. The van der Waals surface area contributed by atoms with E-state index in [1.165, 1.54) is 11.1 Å². The topological polar surface area (TPSA) is 25.2 Å². The molecule has 0 bridgehead atoms. The Morgan fingerprint density at radius 1 is 0.913 bits per heavy atom. The maximum Gasteiger partial charge on any atom is 0.135 e. The van der Waals surface area contributed by atoms with E-state index in [-0.39, 0.29) is 0 Å². The number of nitrogens with one attached hydrogen (secondary N) is 1. The van der Waals surface area contributed by atoms with Crippen molar-refractivity contribution in [1.29, 1.82) is 0 Å². The molecule has 2 nitrogen and oxygen atoms in total. The SMILES string of the molecule is Cc1ccccc1CNc1ccc2oc3ccc(Cl)cc3c2c1. The highest BCUT2D eigenvalue weighted by molar-refractivity contribution is 6.31. The lowest BCUT2D eigenvalue weighted by Gasteiger charge is -2.09. The number of hydrogen-bond acceptors (Lipinski definition) is 2. The molecule has 4 aromatic rings. The Labute approximate surface area is 139 Å². The Kier molecular flexibility index (Phi) is 3.47. The van der Waals surface area contributed by atoms with E-state index in [1.54, 1.807) is 0 Å². The zero-order valence-corrected chi connectivity index (χ0v) is 13.5. The number of benzene rings is 3. The Hall–Kier alpha value is -2.45. The van der Waals surface area contributed by atoms with Gasteiger partial charge < -0.3 is 9.73 Å². The van der Waals surface area contributed by atoms with Crippen molar-refractivity contribution in [2.75, 3.05) is 5.32 Å². The largest absolute Gasteiger partial charge is 0.456 e. The summed E-state index contributed by atoms with van der Waals surface area (Å²) < 4.78 is 5.86. The van der Waals surface area contributed by atoms with Gasteiger partial charge in [0.2, 0.25) is 0 Å². The average Bonchev–Trinajstić information content (AvgIpc) is 2.91. The van der Waals surface area contributed by atoms with Gasteiger partial charge in [-0.1, -0.05) is 35.9 Å². The maximum atomic E-state index is 6.12. The molecule has 0 saturated carbocycles.